The van der Waals surface area contributed by atoms with Crippen LogP contribution in [0, 0.1) is 0 Å². The Hall–Kier alpha value is -1.64. The maximum Gasteiger partial charge on any atom is 0.255 e. The second kappa shape index (κ2) is 8.16. The predicted octanol–water partition coefficient (Wildman–Crippen LogP) is 1.37. The maximum atomic E-state index is 13.0. The zero-order chi connectivity index (χ0) is 18.6. The highest BCUT2D eigenvalue weighted by molar-refractivity contribution is 7.89. The second-order valence-corrected chi connectivity index (χ2v) is 8.16. The molecule has 1 aliphatic carbocycles. The van der Waals surface area contributed by atoms with Crippen LogP contribution in [0.3, 0.4) is 0 Å². The van der Waals surface area contributed by atoms with Crippen LogP contribution in [0.25, 0.3) is 0 Å². The van der Waals surface area contributed by atoms with Crippen LogP contribution in [0.5, 0.6) is 5.75 Å². The predicted molar refractivity (Wildman–Crippen MR) is 94.2 cm³/mol. The van der Waals surface area contributed by atoms with Crippen LogP contribution >= 0.6 is 0 Å². The standard InChI is InChI=1S/C17H26N2O5S/c1-4-18-17(21)13-11-12(9-10-16(13)24-3)25(22,23)19(2)14-7-5-6-8-15(14)20/h9-11,14-15,20H,4-8H2,1-3H3,(H,18,21)/t14-,15+/m1/s1. The number of benzene rings is 1. The fourth-order valence-electron chi connectivity index (χ4n) is 3.14. The van der Waals surface area contributed by atoms with Crippen molar-refractivity contribution in [2.75, 3.05) is 20.7 Å². The molecular formula is C17H26N2O5S. The third kappa shape index (κ3) is 4.13. The number of carbonyl (C=O) groups is 1. The average molecular weight is 370 g/mol. The highest BCUT2D eigenvalue weighted by Gasteiger charge is 2.34. The highest BCUT2D eigenvalue weighted by atomic mass is 32.2. The van der Waals surface area contributed by atoms with E-state index in [9.17, 15) is 18.3 Å². The third-order valence-corrected chi connectivity index (χ3v) is 6.47. The van der Waals surface area contributed by atoms with Crippen molar-refractivity contribution in [3.63, 3.8) is 0 Å². The fourth-order valence-corrected chi connectivity index (χ4v) is 4.58. The molecule has 0 unspecified atom stereocenters. The van der Waals surface area contributed by atoms with Crippen LogP contribution in [-0.4, -0.2) is 56.6 Å². The van der Waals surface area contributed by atoms with Crippen LogP contribution in [0.2, 0.25) is 0 Å². The Balaban J connectivity index is 2.38. The fraction of sp³-hybridized carbons (Fsp3) is 0.588. The third-order valence-electron chi connectivity index (χ3n) is 4.59. The van der Waals surface area contributed by atoms with Gasteiger partial charge in [0.05, 0.1) is 29.7 Å². The van der Waals surface area contributed by atoms with E-state index in [-0.39, 0.29) is 10.5 Å². The minimum absolute atomic E-state index is 0.00910. The lowest BCUT2D eigenvalue weighted by Gasteiger charge is -2.34. The molecule has 1 saturated carbocycles. The molecule has 0 radical (unpaired) electrons. The monoisotopic (exact) mass is 370 g/mol. The molecule has 1 aliphatic rings. The molecule has 2 rings (SSSR count). The number of nitrogens with one attached hydrogen (secondary N) is 1. The van der Waals surface area contributed by atoms with Gasteiger partial charge in [0.2, 0.25) is 10.0 Å². The smallest absolute Gasteiger partial charge is 0.255 e. The van der Waals surface area contributed by atoms with Gasteiger partial charge in [0.1, 0.15) is 5.75 Å². The lowest BCUT2D eigenvalue weighted by atomic mass is 9.93. The highest BCUT2D eigenvalue weighted by Crippen LogP contribution is 2.29. The number of amides is 1. The van der Waals surface area contributed by atoms with Gasteiger partial charge in [-0.05, 0) is 38.0 Å². The Morgan fingerprint density at radius 3 is 2.64 bits per heavy atom. The summed E-state index contributed by atoms with van der Waals surface area (Å²) in [6.07, 6.45) is 2.33. The van der Waals surface area contributed by atoms with E-state index in [4.69, 9.17) is 4.74 Å². The lowest BCUT2D eigenvalue weighted by Crippen LogP contribution is -2.46. The minimum Gasteiger partial charge on any atom is -0.496 e. The Labute approximate surface area is 149 Å². The van der Waals surface area contributed by atoms with Gasteiger partial charge in [0, 0.05) is 13.6 Å². The first-order chi connectivity index (χ1) is 11.8. The molecule has 0 saturated heterocycles. The molecule has 2 N–H and O–H groups in total. The first-order valence-corrected chi connectivity index (χ1v) is 9.89. The van der Waals surface area contributed by atoms with Gasteiger partial charge in [-0.3, -0.25) is 4.79 Å². The first-order valence-electron chi connectivity index (χ1n) is 8.45. The number of sulfonamides is 1. The second-order valence-electron chi connectivity index (χ2n) is 6.16. The molecule has 0 bridgehead atoms. The Morgan fingerprint density at radius 2 is 2.04 bits per heavy atom. The summed E-state index contributed by atoms with van der Waals surface area (Å²) in [6, 6.07) is 3.77. The number of carbonyl (C=O) groups excluding carboxylic acids is 1. The van der Waals surface area contributed by atoms with E-state index in [0.29, 0.717) is 25.1 Å². The summed E-state index contributed by atoms with van der Waals surface area (Å²) in [5, 5.41) is 12.8. The summed E-state index contributed by atoms with van der Waals surface area (Å²) >= 11 is 0. The number of ether oxygens (including phenoxy) is 1. The van der Waals surface area contributed by atoms with E-state index in [1.165, 1.54) is 36.7 Å². The molecule has 0 aliphatic heterocycles. The van der Waals surface area contributed by atoms with Gasteiger partial charge in [0.25, 0.3) is 5.91 Å². The van der Waals surface area contributed by atoms with E-state index in [1.54, 1.807) is 6.92 Å². The van der Waals surface area contributed by atoms with Crippen LogP contribution in [0.1, 0.15) is 43.0 Å². The molecule has 25 heavy (non-hydrogen) atoms. The van der Waals surface area contributed by atoms with Gasteiger partial charge >= 0.3 is 0 Å². The van der Waals surface area contributed by atoms with Crippen molar-refractivity contribution in [1.82, 2.24) is 9.62 Å². The lowest BCUT2D eigenvalue weighted by molar-refractivity contribution is 0.0638. The number of rotatable bonds is 6. The van der Waals surface area contributed by atoms with Crippen LogP contribution < -0.4 is 10.1 Å². The molecule has 0 spiro atoms. The normalized spacial score (nSPS) is 21.2. The van der Waals surface area contributed by atoms with E-state index in [0.717, 1.165) is 12.8 Å². The Bertz CT molecular complexity index is 720. The summed E-state index contributed by atoms with van der Waals surface area (Å²) < 4.78 is 32.3. The summed E-state index contributed by atoms with van der Waals surface area (Å²) in [7, 11) is -0.926. The van der Waals surface area contributed by atoms with Crippen LogP contribution in [0.15, 0.2) is 23.1 Å². The van der Waals surface area contributed by atoms with Gasteiger partial charge in [0.15, 0.2) is 0 Å². The average Bonchev–Trinajstić information content (AvgIpc) is 2.61. The number of aliphatic hydroxyl groups is 1. The molecular weight excluding hydrogens is 344 g/mol. The molecule has 7 nitrogen and oxygen atoms in total. The molecule has 1 aromatic carbocycles. The van der Waals surface area contributed by atoms with E-state index in [2.05, 4.69) is 5.32 Å². The molecule has 140 valence electrons. The number of hydrogen-bond acceptors (Lipinski definition) is 5. The zero-order valence-corrected chi connectivity index (χ0v) is 15.7. The largest absolute Gasteiger partial charge is 0.496 e. The zero-order valence-electron chi connectivity index (χ0n) is 14.9. The van der Waals surface area contributed by atoms with Crippen LogP contribution in [-0.2, 0) is 10.0 Å². The number of methoxy groups -OCH3 is 1. The molecule has 1 amide bonds. The number of nitrogens with zero attached hydrogens (tertiary/aromatic N) is 1. The van der Waals surface area contributed by atoms with Crippen LogP contribution in [0.4, 0.5) is 0 Å². The number of likely N-dealkylation sites (N-methyl/N-ethyl adjacent to an activating group) is 1. The van der Waals surface area contributed by atoms with Crippen molar-refractivity contribution in [3.8, 4) is 5.75 Å². The molecule has 8 heteroatoms. The van der Waals surface area contributed by atoms with Crippen molar-refractivity contribution in [2.24, 2.45) is 0 Å². The maximum absolute atomic E-state index is 13.0. The first kappa shape index (κ1) is 19.7. The number of aliphatic hydroxyl groups excluding tert-OH is 1. The molecule has 2 atom stereocenters. The molecule has 1 aromatic rings. The molecule has 1 fully saturated rings. The molecule has 0 heterocycles. The van der Waals surface area contributed by atoms with Crippen molar-refractivity contribution < 1.29 is 23.1 Å². The van der Waals surface area contributed by atoms with E-state index >= 15 is 0 Å². The topological polar surface area (TPSA) is 95.9 Å². The van der Waals surface area contributed by atoms with E-state index in [1.807, 2.05) is 0 Å². The Morgan fingerprint density at radius 1 is 1.36 bits per heavy atom. The van der Waals surface area contributed by atoms with Crippen molar-refractivity contribution >= 4 is 15.9 Å². The van der Waals surface area contributed by atoms with Gasteiger partial charge in [-0.2, -0.15) is 4.31 Å². The van der Waals surface area contributed by atoms with Gasteiger partial charge in [-0.15, -0.1) is 0 Å². The molecule has 0 aromatic heterocycles. The summed E-state index contributed by atoms with van der Waals surface area (Å²) in [4.78, 5) is 12.2. The number of hydrogen-bond donors (Lipinski definition) is 2. The SMILES string of the molecule is CCNC(=O)c1cc(S(=O)(=O)N(C)[C@@H]2CCCC[C@@H]2O)ccc1OC. The summed E-state index contributed by atoms with van der Waals surface area (Å²) in [5.74, 6) is -0.0815. The summed E-state index contributed by atoms with van der Waals surface area (Å²) in [5.41, 5.74) is 0.169. The Kier molecular flexibility index (Phi) is 6.42. The van der Waals surface area contributed by atoms with Gasteiger partial charge in [-0.1, -0.05) is 12.8 Å². The van der Waals surface area contributed by atoms with E-state index < -0.39 is 28.1 Å². The van der Waals surface area contributed by atoms with Crippen molar-refractivity contribution in [3.05, 3.63) is 23.8 Å². The van der Waals surface area contributed by atoms with Gasteiger partial charge < -0.3 is 15.2 Å². The quantitative estimate of drug-likeness (QED) is 0.788. The minimum atomic E-state index is -3.83. The van der Waals surface area contributed by atoms with Crippen molar-refractivity contribution in [2.45, 2.75) is 49.6 Å². The summed E-state index contributed by atoms with van der Waals surface area (Å²) in [6.45, 7) is 2.20. The van der Waals surface area contributed by atoms with Gasteiger partial charge in [-0.25, -0.2) is 8.42 Å². The van der Waals surface area contributed by atoms with Crippen molar-refractivity contribution in [1.29, 1.82) is 0 Å².